The van der Waals surface area contributed by atoms with Crippen LogP contribution >= 0.6 is 11.3 Å². The molecule has 2 N–H and O–H groups in total. The van der Waals surface area contributed by atoms with Crippen LogP contribution in [0.4, 0.5) is 0 Å². The standard InChI is InChI=1S/C12H20N2O3S2/c1-9(13)10-5-3-4-7-14(10)19(15,16)12-11(17-2)6-8-18-12/h6,8-10H,3-5,7,13H2,1-2H3/t9-,10-/m0/s1. The van der Waals surface area contributed by atoms with Crippen LogP contribution in [-0.2, 0) is 10.0 Å². The largest absolute Gasteiger partial charge is 0.494 e. The predicted octanol–water partition coefficient (Wildman–Crippen LogP) is 1.65. The van der Waals surface area contributed by atoms with E-state index in [1.807, 2.05) is 6.92 Å². The fraction of sp³-hybridized carbons (Fsp3) is 0.667. The molecule has 1 saturated heterocycles. The molecule has 1 aromatic heterocycles. The summed E-state index contributed by atoms with van der Waals surface area (Å²) in [6.07, 6.45) is 2.74. The first kappa shape index (κ1) is 14.8. The van der Waals surface area contributed by atoms with Crippen molar-refractivity contribution in [2.24, 2.45) is 5.73 Å². The van der Waals surface area contributed by atoms with Gasteiger partial charge in [0.05, 0.1) is 7.11 Å². The molecular formula is C12H20N2O3S2. The van der Waals surface area contributed by atoms with Crippen molar-refractivity contribution in [2.75, 3.05) is 13.7 Å². The Bertz CT molecular complexity index is 525. The Hall–Kier alpha value is -0.630. The number of nitrogens with zero attached hydrogens (tertiary/aromatic N) is 1. The van der Waals surface area contributed by atoms with Crippen LogP contribution in [0.3, 0.4) is 0 Å². The smallest absolute Gasteiger partial charge is 0.256 e. The molecule has 2 atom stereocenters. The Kier molecular flexibility index (Phi) is 4.50. The monoisotopic (exact) mass is 304 g/mol. The summed E-state index contributed by atoms with van der Waals surface area (Å²) in [6.45, 7) is 2.40. The van der Waals surface area contributed by atoms with E-state index in [1.54, 1.807) is 15.8 Å². The van der Waals surface area contributed by atoms with Crippen molar-refractivity contribution in [3.8, 4) is 5.75 Å². The minimum absolute atomic E-state index is 0.120. The van der Waals surface area contributed by atoms with Crippen LogP contribution in [0.2, 0.25) is 0 Å². The molecule has 0 unspecified atom stereocenters. The number of hydrogen-bond acceptors (Lipinski definition) is 5. The van der Waals surface area contributed by atoms with Gasteiger partial charge in [-0.2, -0.15) is 4.31 Å². The van der Waals surface area contributed by atoms with Gasteiger partial charge in [0.15, 0.2) is 4.21 Å². The minimum Gasteiger partial charge on any atom is -0.494 e. The maximum Gasteiger partial charge on any atom is 0.256 e. The molecule has 0 spiro atoms. The summed E-state index contributed by atoms with van der Waals surface area (Å²) >= 11 is 1.19. The van der Waals surface area contributed by atoms with Gasteiger partial charge in [0.2, 0.25) is 0 Å². The quantitative estimate of drug-likeness (QED) is 0.918. The second kappa shape index (κ2) is 5.78. The number of ether oxygens (including phenoxy) is 1. The van der Waals surface area contributed by atoms with Gasteiger partial charge in [-0.05, 0) is 31.2 Å². The van der Waals surface area contributed by atoms with Crippen molar-refractivity contribution in [3.63, 3.8) is 0 Å². The number of thiophene rings is 1. The third-order valence-electron chi connectivity index (χ3n) is 3.46. The number of piperidine rings is 1. The maximum absolute atomic E-state index is 12.7. The molecule has 1 fully saturated rings. The Morgan fingerprint density at radius 3 is 2.89 bits per heavy atom. The summed E-state index contributed by atoms with van der Waals surface area (Å²) in [5.41, 5.74) is 5.94. The first-order valence-corrected chi connectivity index (χ1v) is 8.69. The number of sulfonamides is 1. The Balaban J connectivity index is 2.37. The van der Waals surface area contributed by atoms with Gasteiger partial charge in [-0.25, -0.2) is 8.42 Å². The van der Waals surface area contributed by atoms with E-state index >= 15 is 0 Å². The molecule has 1 aliphatic heterocycles. The van der Waals surface area contributed by atoms with Crippen LogP contribution in [0, 0.1) is 0 Å². The summed E-state index contributed by atoms with van der Waals surface area (Å²) in [4.78, 5) is 0. The van der Waals surface area contributed by atoms with Crippen LogP contribution in [0.25, 0.3) is 0 Å². The molecule has 2 rings (SSSR count). The molecule has 1 aliphatic rings. The fourth-order valence-corrected chi connectivity index (χ4v) is 5.65. The lowest BCUT2D eigenvalue weighted by atomic mass is 10.00. The van der Waals surface area contributed by atoms with Crippen LogP contribution < -0.4 is 10.5 Å². The number of rotatable bonds is 4. The molecule has 5 nitrogen and oxygen atoms in total. The molecule has 0 amide bonds. The zero-order valence-electron chi connectivity index (χ0n) is 11.2. The molecule has 0 radical (unpaired) electrons. The molecule has 0 aliphatic carbocycles. The van der Waals surface area contributed by atoms with Gasteiger partial charge < -0.3 is 10.5 Å². The van der Waals surface area contributed by atoms with Gasteiger partial charge in [0.25, 0.3) is 10.0 Å². The van der Waals surface area contributed by atoms with Gasteiger partial charge in [0, 0.05) is 18.6 Å². The van der Waals surface area contributed by atoms with E-state index < -0.39 is 10.0 Å². The highest BCUT2D eigenvalue weighted by molar-refractivity contribution is 7.91. The Labute approximate surface area is 118 Å². The lowest BCUT2D eigenvalue weighted by molar-refractivity contribution is 0.227. The van der Waals surface area contributed by atoms with Gasteiger partial charge in [-0.15, -0.1) is 11.3 Å². The van der Waals surface area contributed by atoms with Crippen molar-refractivity contribution in [1.29, 1.82) is 0 Å². The summed E-state index contributed by atoms with van der Waals surface area (Å²) < 4.78 is 32.5. The summed E-state index contributed by atoms with van der Waals surface area (Å²) in [5.74, 6) is 0.416. The molecule has 108 valence electrons. The van der Waals surface area contributed by atoms with E-state index in [1.165, 1.54) is 18.4 Å². The first-order chi connectivity index (χ1) is 8.98. The Morgan fingerprint density at radius 1 is 1.53 bits per heavy atom. The van der Waals surface area contributed by atoms with Crippen molar-refractivity contribution in [3.05, 3.63) is 11.4 Å². The van der Waals surface area contributed by atoms with Crippen molar-refractivity contribution in [2.45, 2.75) is 42.5 Å². The van der Waals surface area contributed by atoms with Crippen LogP contribution in [0.15, 0.2) is 15.7 Å². The third kappa shape index (κ3) is 2.79. The lowest BCUT2D eigenvalue weighted by Crippen LogP contribution is -2.51. The van der Waals surface area contributed by atoms with Crippen molar-refractivity contribution < 1.29 is 13.2 Å². The zero-order chi connectivity index (χ0) is 14.0. The predicted molar refractivity (Wildman–Crippen MR) is 76.1 cm³/mol. The fourth-order valence-electron chi connectivity index (χ4n) is 2.48. The molecule has 0 aromatic carbocycles. The van der Waals surface area contributed by atoms with E-state index in [9.17, 15) is 8.42 Å². The van der Waals surface area contributed by atoms with Gasteiger partial charge in [-0.1, -0.05) is 6.42 Å². The van der Waals surface area contributed by atoms with E-state index in [0.717, 1.165) is 19.3 Å². The second-order valence-corrected chi connectivity index (χ2v) is 7.82. The van der Waals surface area contributed by atoms with Gasteiger partial charge >= 0.3 is 0 Å². The molecule has 1 aromatic rings. The molecule has 19 heavy (non-hydrogen) atoms. The van der Waals surface area contributed by atoms with Crippen LogP contribution in [-0.4, -0.2) is 38.5 Å². The number of hydrogen-bond donors (Lipinski definition) is 1. The Morgan fingerprint density at radius 2 is 2.26 bits per heavy atom. The lowest BCUT2D eigenvalue weighted by Gasteiger charge is -2.36. The maximum atomic E-state index is 12.7. The zero-order valence-corrected chi connectivity index (χ0v) is 12.8. The molecule has 2 heterocycles. The van der Waals surface area contributed by atoms with Crippen molar-refractivity contribution in [1.82, 2.24) is 4.31 Å². The molecular weight excluding hydrogens is 284 g/mol. The average molecular weight is 304 g/mol. The van der Waals surface area contributed by atoms with Crippen molar-refractivity contribution >= 4 is 21.4 Å². The summed E-state index contributed by atoms with van der Waals surface area (Å²) in [5, 5.41) is 1.73. The van der Waals surface area contributed by atoms with E-state index in [4.69, 9.17) is 10.5 Å². The van der Waals surface area contributed by atoms with Crippen LogP contribution in [0.1, 0.15) is 26.2 Å². The van der Waals surface area contributed by atoms with E-state index in [0.29, 0.717) is 12.3 Å². The molecule has 0 saturated carbocycles. The topological polar surface area (TPSA) is 72.6 Å². The highest BCUT2D eigenvalue weighted by atomic mass is 32.2. The summed E-state index contributed by atoms with van der Waals surface area (Å²) in [7, 11) is -2.02. The SMILES string of the molecule is COc1ccsc1S(=O)(=O)N1CCCC[C@H]1[C@H](C)N. The molecule has 7 heteroatoms. The second-order valence-electron chi connectivity index (χ2n) is 4.81. The normalized spacial score (nSPS) is 23.2. The summed E-state index contributed by atoms with van der Waals surface area (Å²) in [6, 6.07) is 1.40. The average Bonchev–Trinajstić information content (AvgIpc) is 2.87. The minimum atomic E-state index is -3.51. The highest BCUT2D eigenvalue weighted by Crippen LogP contribution is 2.35. The first-order valence-electron chi connectivity index (χ1n) is 6.37. The number of methoxy groups -OCH3 is 1. The molecule has 0 bridgehead atoms. The number of nitrogens with two attached hydrogens (primary N) is 1. The third-order valence-corrected chi connectivity index (χ3v) is 6.81. The van der Waals surface area contributed by atoms with Gasteiger partial charge in [-0.3, -0.25) is 0 Å². The highest BCUT2D eigenvalue weighted by Gasteiger charge is 2.37. The van der Waals surface area contributed by atoms with Crippen LogP contribution in [0.5, 0.6) is 5.75 Å². The van der Waals surface area contributed by atoms with Gasteiger partial charge in [0.1, 0.15) is 5.75 Å². The van der Waals surface area contributed by atoms with E-state index in [2.05, 4.69) is 0 Å². The van der Waals surface area contributed by atoms with E-state index in [-0.39, 0.29) is 16.3 Å².